The second kappa shape index (κ2) is 7.98. The van der Waals surface area contributed by atoms with Crippen LogP contribution in [0, 0.1) is 6.92 Å². The molecule has 0 aliphatic carbocycles. The zero-order valence-electron chi connectivity index (χ0n) is 15.6. The Morgan fingerprint density at radius 1 is 1.31 bits per heavy atom. The van der Waals surface area contributed by atoms with Gasteiger partial charge in [-0.3, -0.25) is 9.20 Å². The maximum atomic E-state index is 13.1. The standard InChI is InChI=1S/C20H16ClN3O3S2/c1-3-27-20(26)16-13(14-5-4-8-28-14)10-29-19(16)23-18(25)17-11(2)22-15-9-12(21)6-7-24(15)17/h4-10H,3H2,1-2H3,(H,23,25). The molecule has 6 nitrogen and oxygen atoms in total. The highest BCUT2D eigenvalue weighted by molar-refractivity contribution is 7.17. The number of aromatic nitrogens is 2. The quantitative estimate of drug-likeness (QED) is 0.411. The molecule has 0 spiro atoms. The number of aryl methyl sites for hydroxylation is 1. The minimum absolute atomic E-state index is 0.249. The van der Waals surface area contributed by atoms with Gasteiger partial charge in [0.1, 0.15) is 21.9 Å². The van der Waals surface area contributed by atoms with E-state index < -0.39 is 5.97 Å². The maximum absolute atomic E-state index is 13.1. The number of nitrogens with one attached hydrogen (secondary N) is 1. The molecule has 0 fully saturated rings. The molecule has 9 heteroatoms. The van der Waals surface area contributed by atoms with Crippen molar-refractivity contribution in [2.24, 2.45) is 0 Å². The van der Waals surface area contributed by atoms with Crippen molar-refractivity contribution in [1.82, 2.24) is 9.38 Å². The Hall–Kier alpha value is -2.68. The first kappa shape index (κ1) is 19.6. The van der Waals surface area contributed by atoms with E-state index in [2.05, 4.69) is 10.3 Å². The van der Waals surface area contributed by atoms with Crippen molar-refractivity contribution in [3.8, 4) is 10.4 Å². The molecule has 4 aromatic heterocycles. The van der Waals surface area contributed by atoms with Crippen LogP contribution in [-0.2, 0) is 4.74 Å². The number of thiophene rings is 2. The third-order valence-electron chi connectivity index (χ3n) is 4.26. The third kappa shape index (κ3) is 3.66. The van der Waals surface area contributed by atoms with Crippen LogP contribution in [0.3, 0.4) is 0 Å². The average Bonchev–Trinajstić information content (AvgIpc) is 3.39. The van der Waals surface area contributed by atoms with E-state index >= 15 is 0 Å². The van der Waals surface area contributed by atoms with Crippen molar-refractivity contribution >= 4 is 56.8 Å². The van der Waals surface area contributed by atoms with Crippen molar-refractivity contribution in [2.45, 2.75) is 13.8 Å². The van der Waals surface area contributed by atoms with Gasteiger partial charge in [-0.2, -0.15) is 0 Å². The van der Waals surface area contributed by atoms with Gasteiger partial charge < -0.3 is 10.1 Å². The summed E-state index contributed by atoms with van der Waals surface area (Å²) in [6, 6.07) is 7.23. The normalized spacial score (nSPS) is 11.0. The number of ether oxygens (including phenoxy) is 1. The minimum atomic E-state index is -0.464. The Morgan fingerprint density at radius 3 is 2.86 bits per heavy atom. The number of fused-ring (bicyclic) bond motifs is 1. The highest BCUT2D eigenvalue weighted by atomic mass is 35.5. The molecule has 0 aliphatic rings. The monoisotopic (exact) mass is 445 g/mol. The first-order valence-electron chi connectivity index (χ1n) is 8.77. The van der Waals surface area contributed by atoms with Crippen LogP contribution in [-0.4, -0.2) is 27.9 Å². The third-order valence-corrected chi connectivity index (χ3v) is 6.30. The smallest absolute Gasteiger partial charge is 0.341 e. The number of anilines is 1. The number of pyridine rings is 1. The Morgan fingerprint density at radius 2 is 2.14 bits per heavy atom. The van der Waals surface area contributed by atoms with Crippen LogP contribution in [0.15, 0.2) is 41.2 Å². The molecule has 0 aliphatic heterocycles. The molecule has 4 rings (SSSR count). The number of hydrogen-bond donors (Lipinski definition) is 1. The van der Waals surface area contributed by atoms with Gasteiger partial charge in [-0.1, -0.05) is 17.7 Å². The molecule has 0 saturated carbocycles. The van der Waals surface area contributed by atoms with Crippen LogP contribution in [0.1, 0.15) is 33.5 Å². The van der Waals surface area contributed by atoms with Gasteiger partial charge in [0.15, 0.2) is 0 Å². The summed E-state index contributed by atoms with van der Waals surface area (Å²) in [5.41, 5.74) is 2.65. The van der Waals surface area contributed by atoms with Gasteiger partial charge in [0.05, 0.1) is 12.3 Å². The average molecular weight is 446 g/mol. The largest absolute Gasteiger partial charge is 0.462 e. The van der Waals surface area contributed by atoms with Crippen LogP contribution in [0.25, 0.3) is 16.1 Å². The topological polar surface area (TPSA) is 72.7 Å². The minimum Gasteiger partial charge on any atom is -0.462 e. The van der Waals surface area contributed by atoms with Gasteiger partial charge in [0.25, 0.3) is 5.91 Å². The molecule has 4 heterocycles. The number of nitrogens with zero attached hydrogens (tertiary/aromatic N) is 2. The summed E-state index contributed by atoms with van der Waals surface area (Å²) in [5.74, 6) is -0.823. The van der Waals surface area contributed by atoms with Gasteiger partial charge in [0, 0.05) is 33.1 Å². The maximum Gasteiger partial charge on any atom is 0.341 e. The van der Waals surface area contributed by atoms with Gasteiger partial charge in [-0.25, -0.2) is 9.78 Å². The van der Waals surface area contributed by atoms with Crippen LogP contribution < -0.4 is 5.32 Å². The lowest BCUT2D eigenvalue weighted by molar-refractivity contribution is 0.0529. The molecule has 0 atom stereocenters. The fourth-order valence-corrected chi connectivity index (χ4v) is 4.96. The molecule has 1 N–H and O–H groups in total. The highest BCUT2D eigenvalue weighted by Crippen LogP contribution is 2.38. The molecule has 0 bridgehead atoms. The van der Waals surface area contributed by atoms with E-state index in [0.29, 0.717) is 32.6 Å². The zero-order valence-corrected chi connectivity index (χ0v) is 18.0. The molecule has 0 unspecified atom stereocenters. The van der Waals surface area contributed by atoms with Crippen molar-refractivity contribution in [2.75, 3.05) is 11.9 Å². The molecule has 29 heavy (non-hydrogen) atoms. The Bertz CT molecular complexity index is 1210. The van der Waals surface area contributed by atoms with Gasteiger partial charge in [-0.05, 0) is 31.4 Å². The van der Waals surface area contributed by atoms with Crippen LogP contribution in [0.5, 0.6) is 0 Å². The first-order valence-corrected chi connectivity index (χ1v) is 10.9. The summed E-state index contributed by atoms with van der Waals surface area (Å²) in [6.07, 6.45) is 1.70. The molecular weight excluding hydrogens is 430 g/mol. The Balaban J connectivity index is 1.74. The summed E-state index contributed by atoms with van der Waals surface area (Å²) in [6.45, 7) is 3.76. The molecule has 0 aromatic carbocycles. The number of rotatable bonds is 5. The van der Waals surface area contributed by atoms with Crippen molar-refractivity contribution < 1.29 is 14.3 Å². The highest BCUT2D eigenvalue weighted by Gasteiger charge is 2.25. The number of imidazole rings is 1. The van der Waals surface area contributed by atoms with E-state index in [4.69, 9.17) is 16.3 Å². The lowest BCUT2D eigenvalue weighted by Crippen LogP contribution is -2.17. The van der Waals surface area contributed by atoms with E-state index in [-0.39, 0.29) is 12.5 Å². The number of carbonyl (C=O) groups excluding carboxylic acids is 2. The summed E-state index contributed by atoms with van der Waals surface area (Å²) in [4.78, 5) is 31.0. The van der Waals surface area contributed by atoms with E-state index in [1.807, 2.05) is 22.9 Å². The Kier molecular flexibility index (Phi) is 5.40. The van der Waals surface area contributed by atoms with E-state index in [0.717, 1.165) is 10.4 Å². The number of halogens is 1. The van der Waals surface area contributed by atoms with Crippen LogP contribution in [0.4, 0.5) is 5.00 Å². The van der Waals surface area contributed by atoms with Crippen LogP contribution >= 0.6 is 34.3 Å². The van der Waals surface area contributed by atoms with Gasteiger partial charge in [0.2, 0.25) is 0 Å². The number of amides is 1. The number of carbonyl (C=O) groups is 2. The predicted octanol–water partition coefficient (Wildman–Crippen LogP) is 5.52. The van der Waals surface area contributed by atoms with Crippen LogP contribution in [0.2, 0.25) is 5.02 Å². The van der Waals surface area contributed by atoms with E-state index in [9.17, 15) is 9.59 Å². The summed E-state index contributed by atoms with van der Waals surface area (Å²) in [5, 5.41) is 7.65. The molecule has 1 amide bonds. The second-order valence-electron chi connectivity index (χ2n) is 6.12. The number of hydrogen-bond acceptors (Lipinski definition) is 6. The summed E-state index contributed by atoms with van der Waals surface area (Å²) >= 11 is 8.84. The molecule has 0 saturated heterocycles. The van der Waals surface area contributed by atoms with E-state index in [1.54, 1.807) is 36.6 Å². The SMILES string of the molecule is CCOC(=O)c1c(-c2cccs2)csc1NC(=O)c1c(C)nc2cc(Cl)ccn12. The summed E-state index contributed by atoms with van der Waals surface area (Å²) < 4.78 is 6.91. The molecule has 0 radical (unpaired) electrons. The lowest BCUT2D eigenvalue weighted by atomic mass is 10.1. The predicted molar refractivity (Wildman–Crippen MR) is 116 cm³/mol. The lowest BCUT2D eigenvalue weighted by Gasteiger charge is -2.08. The van der Waals surface area contributed by atoms with Crippen molar-refractivity contribution in [3.05, 3.63) is 63.2 Å². The van der Waals surface area contributed by atoms with Gasteiger partial charge in [-0.15, -0.1) is 22.7 Å². The Labute approximate surface area is 179 Å². The molecular formula is C20H16ClN3O3S2. The van der Waals surface area contributed by atoms with E-state index in [1.165, 1.54) is 22.7 Å². The summed E-state index contributed by atoms with van der Waals surface area (Å²) in [7, 11) is 0. The second-order valence-corrected chi connectivity index (χ2v) is 8.39. The van der Waals surface area contributed by atoms with Crippen molar-refractivity contribution in [1.29, 1.82) is 0 Å². The fourth-order valence-electron chi connectivity index (χ4n) is 3.04. The fraction of sp³-hybridized carbons (Fsp3) is 0.150. The zero-order chi connectivity index (χ0) is 20.5. The number of esters is 1. The first-order chi connectivity index (χ1) is 14.0. The van der Waals surface area contributed by atoms with Crippen molar-refractivity contribution in [3.63, 3.8) is 0 Å². The molecule has 4 aromatic rings. The molecule has 148 valence electrons. The van der Waals surface area contributed by atoms with Gasteiger partial charge >= 0.3 is 5.97 Å².